The minimum Gasteiger partial charge on any atom is -0.320 e. The number of hydrogen-bond donors (Lipinski definition) is 1. The predicted octanol–water partition coefficient (Wildman–Crippen LogP) is 4.36. The third-order valence-corrected chi connectivity index (χ3v) is 4.14. The summed E-state index contributed by atoms with van der Waals surface area (Å²) in [5.74, 6) is 0. The highest BCUT2D eigenvalue weighted by Crippen LogP contribution is 2.36. The molecule has 0 spiro atoms. The maximum Gasteiger partial charge on any atom is 0.416 e. The number of pyridine rings is 1. The standard InChI is InChI=1S/C15H11F3N2S/c16-15(17,18)11-4-2-1-3-10(11)14(19)9-7-13-12(20-8-9)5-6-21-13/h1-8,14H,19H2. The van der Waals surface area contributed by atoms with Gasteiger partial charge in [0, 0.05) is 6.20 Å². The molecule has 1 unspecified atom stereocenters. The van der Waals surface area contributed by atoms with Gasteiger partial charge in [0.2, 0.25) is 0 Å². The fourth-order valence-corrected chi connectivity index (χ4v) is 3.03. The number of nitrogens with zero attached hydrogens (tertiary/aromatic N) is 1. The molecule has 108 valence electrons. The first-order chi connectivity index (χ1) is 9.97. The molecule has 0 bridgehead atoms. The van der Waals surface area contributed by atoms with E-state index >= 15 is 0 Å². The molecule has 3 aromatic rings. The van der Waals surface area contributed by atoms with Crippen LogP contribution in [0.15, 0.2) is 48.0 Å². The van der Waals surface area contributed by atoms with E-state index in [0.29, 0.717) is 5.56 Å². The summed E-state index contributed by atoms with van der Waals surface area (Å²) in [5.41, 5.74) is 6.78. The van der Waals surface area contributed by atoms with Crippen LogP contribution in [0.4, 0.5) is 13.2 Å². The van der Waals surface area contributed by atoms with E-state index in [1.165, 1.54) is 29.7 Å². The molecule has 2 N–H and O–H groups in total. The zero-order valence-corrected chi connectivity index (χ0v) is 11.6. The monoisotopic (exact) mass is 308 g/mol. The van der Waals surface area contributed by atoms with Crippen LogP contribution in [-0.2, 0) is 6.18 Å². The van der Waals surface area contributed by atoms with Crippen LogP contribution >= 0.6 is 11.3 Å². The number of nitrogens with two attached hydrogens (primary N) is 1. The Bertz CT molecular complexity index is 780. The van der Waals surface area contributed by atoms with E-state index < -0.39 is 17.8 Å². The average molecular weight is 308 g/mol. The largest absolute Gasteiger partial charge is 0.416 e. The first-order valence-electron chi connectivity index (χ1n) is 6.21. The van der Waals surface area contributed by atoms with E-state index in [0.717, 1.165) is 16.3 Å². The lowest BCUT2D eigenvalue weighted by atomic mass is 9.96. The smallest absolute Gasteiger partial charge is 0.320 e. The van der Waals surface area contributed by atoms with Gasteiger partial charge in [0.05, 0.1) is 21.8 Å². The van der Waals surface area contributed by atoms with Gasteiger partial charge < -0.3 is 5.73 Å². The first-order valence-corrected chi connectivity index (χ1v) is 7.09. The fraction of sp³-hybridized carbons (Fsp3) is 0.133. The summed E-state index contributed by atoms with van der Waals surface area (Å²) in [6.07, 6.45) is -2.89. The third-order valence-electron chi connectivity index (χ3n) is 3.28. The van der Waals surface area contributed by atoms with Crippen LogP contribution in [0.5, 0.6) is 0 Å². The molecule has 2 nitrogen and oxygen atoms in total. The number of alkyl halides is 3. The van der Waals surface area contributed by atoms with E-state index in [2.05, 4.69) is 4.98 Å². The van der Waals surface area contributed by atoms with E-state index in [-0.39, 0.29) is 5.56 Å². The number of benzene rings is 1. The Labute approximate surface area is 123 Å². The van der Waals surface area contributed by atoms with Crippen molar-refractivity contribution < 1.29 is 13.2 Å². The van der Waals surface area contributed by atoms with Gasteiger partial charge in [0.15, 0.2) is 0 Å². The lowest BCUT2D eigenvalue weighted by molar-refractivity contribution is -0.138. The van der Waals surface area contributed by atoms with Crippen molar-refractivity contribution in [2.45, 2.75) is 12.2 Å². The van der Waals surface area contributed by atoms with Crippen molar-refractivity contribution in [2.24, 2.45) is 5.73 Å². The van der Waals surface area contributed by atoms with Gasteiger partial charge in [0.25, 0.3) is 0 Å². The first kappa shape index (κ1) is 14.0. The van der Waals surface area contributed by atoms with Crippen molar-refractivity contribution in [3.63, 3.8) is 0 Å². The molecule has 0 saturated heterocycles. The molecular formula is C15H11F3N2S. The third kappa shape index (κ3) is 2.64. The van der Waals surface area contributed by atoms with Crippen LogP contribution < -0.4 is 5.73 Å². The van der Waals surface area contributed by atoms with Crippen molar-refractivity contribution in [2.75, 3.05) is 0 Å². The van der Waals surface area contributed by atoms with Crippen molar-refractivity contribution in [1.82, 2.24) is 4.98 Å². The molecule has 2 aromatic heterocycles. The quantitative estimate of drug-likeness (QED) is 0.764. The van der Waals surface area contributed by atoms with Crippen LogP contribution in [-0.4, -0.2) is 4.98 Å². The van der Waals surface area contributed by atoms with Gasteiger partial charge in [0.1, 0.15) is 0 Å². The van der Waals surface area contributed by atoms with E-state index in [9.17, 15) is 13.2 Å². The minimum absolute atomic E-state index is 0.0581. The highest BCUT2D eigenvalue weighted by molar-refractivity contribution is 7.17. The number of rotatable bonds is 2. The molecular weight excluding hydrogens is 297 g/mol. The summed E-state index contributed by atoms with van der Waals surface area (Å²) in [6, 6.07) is 8.17. The molecule has 1 atom stereocenters. The second-order valence-corrected chi connectivity index (χ2v) is 5.58. The van der Waals surface area contributed by atoms with Gasteiger partial charge in [-0.3, -0.25) is 4.98 Å². The topological polar surface area (TPSA) is 38.9 Å². The van der Waals surface area contributed by atoms with Crippen LogP contribution in [0.1, 0.15) is 22.7 Å². The zero-order valence-electron chi connectivity index (χ0n) is 10.8. The van der Waals surface area contributed by atoms with Crippen molar-refractivity contribution in [1.29, 1.82) is 0 Å². The Hall–Kier alpha value is -1.92. The molecule has 6 heteroatoms. The van der Waals surface area contributed by atoms with Gasteiger partial charge in [-0.1, -0.05) is 18.2 Å². The maximum atomic E-state index is 13.1. The summed E-state index contributed by atoms with van der Waals surface area (Å²) in [6.45, 7) is 0. The Morgan fingerprint density at radius 1 is 1.14 bits per heavy atom. The van der Waals surface area contributed by atoms with Crippen LogP contribution in [0.2, 0.25) is 0 Å². The number of aromatic nitrogens is 1. The normalized spacial score (nSPS) is 13.5. The molecule has 0 aliphatic rings. The van der Waals surface area contributed by atoms with E-state index in [1.807, 2.05) is 11.4 Å². The van der Waals surface area contributed by atoms with Gasteiger partial charge >= 0.3 is 6.18 Å². The Morgan fingerprint density at radius 3 is 2.67 bits per heavy atom. The van der Waals surface area contributed by atoms with Crippen LogP contribution in [0.3, 0.4) is 0 Å². The van der Waals surface area contributed by atoms with Gasteiger partial charge in [-0.15, -0.1) is 11.3 Å². The lowest BCUT2D eigenvalue weighted by Crippen LogP contribution is -2.18. The van der Waals surface area contributed by atoms with Gasteiger partial charge in [-0.2, -0.15) is 13.2 Å². The van der Waals surface area contributed by atoms with Crippen molar-refractivity contribution in [3.05, 3.63) is 64.7 Å². The Morgan fingerprint density at radius 2 is 1.90 bits per heavy atom. The Kier molecular flexibility index (Phi) is 3.43. The van der Waals surface area contributed by atoms with Gasteiger partial charge in [-0.05, 0) is 34.7 Å². The van der Waals surface area contributed by atoms with Crippen LogP contribution in [0, 0.1) is 0 Å². The molecule has 0 amide bonds. The maximum absolute atomic E-state index is 13.1. The summed E-state index contributed by atoms with van der Waals surface area (Å²) >= 11 is 1.48. The highest BCUT2D eigenvalue weighted by Gasteiger charge is 2.34. The lowest BCUT2D eigenvalue weighted by Gasteiger charge is -2.18. The second-order valence-electron chi connectivity index (χ2n) is 4.64. The SMILES string of the molecule is NC(c1cnc2ccsc2c1)c1ccccc1C(F)(F)F. The van der Waals surface area contributed by atoms with E-state index in [4.69, 9.17) is 5.73 Å². The zero-order chi connectivity index (χ0) is 15.0. The van der Waals surface area contributed by atoms with Crippen molar-refractivity contribution in [3.8, 4) is 0 Å². The summed E-state index contributed by atoms with van der Waals surface area (Å²) in [4.78, 5) is 4.23. The van der Waals surface area contributed by atoms with E-state index in [1.54, 1.807) is 12.1 Å². The molecule has 0 aliphatic heterocycles. The molecule has 0 fully saturated rings. The molecule has 0 aliphatic carbocycles. The molecule has 21 heavy (non-hydrogen) atoms. The summed E-state index contributed by atoms with van der Waals surface area (Å²) < 4.78 is 40.1. The number of thiophene rings is 1. The fourth-order valence-electron chi connectivity index (χ4n) is 2.24. The number of halogens is 3. The van der Waals surface area contributed by atoms with Gasteiger partial charge in [-0.25, -0.2) is 0 Å². The molecule has 2 heterocycles. The molecule has 0 saturated carbocycles. The van der Waals surface area contributed by atoms with Crippen LogP contribution in [0.25, 0.3) is 10.2 Å². The molecule has 3 rings (SSSR count). The summed E-state index contributed by atoms with van der Waals surface area (Å²) in [7, 11) is 0. The van der Waals surface area contributed by atoms with Crippen molar-refractivity contribution >= 4 is 21.6 Å². The molecule has 0 radical (unpaired) electrons. The Balaban J connectivity index is 2.07. The number of fused-ring (bicyclic) bond motifs is 1. The number of hydrogen-bond acceptors (Lipinski definition) is 3. The average Bonchev–Trinajstić information content (AvgIpc) is 2.93. The highest BCUT2D eigenvalue weighted by atomic mass is 32.1. The predicted molar refractivity (Wildman–Crippen MR) is 77.1 cm³/mol. The minimum atomic E-state index is -4.42. The second kappa shape index (κ2) is 5.13. The molecule has 1 aromatic carbocycles. The summed E-state index contributed by atoms with van der Waals surface area (Å²) in [5, 5.41) is 1.89.